The number of anilines is 2. The molecule has 0 saturated carbocycles. The zero-order chi connectivity index (χ0) is 16.9. The molecule has 0 radical (unpaired) electrons. The summed E-state index contributed by atoms with van der Waals surface area (Å²) < 4.78 is 6.17. The van der Waals surface area contributed by atoms with Crippen LogP contribution in [0.3, 0.4) is 0 Å². The fourth-order valence-corrected chi connectivity index (χ4v) is 3.40. The van der Waals surface area contributed by atoms with Crippen LogP contribution >= 0.6 is 11.5 Å². The number of carbonyl (C=O) groups excluding carboxylic acids is 1. The molecule has 2 amide bonds. The number of aromatic nitrogens is 4. The molecule has 2 aromatic rings. The van der Waals surface area contributed by atoms with Crippen LogP contribution in [0.1, 0.15) is 26.1 Å². The van der Waals surface area contributed by atoms with Gasteiger partial charge in [0.25, 0.3) is 0 Å². The smallest absolute Gasteiger partial charge is 0.322 e. The Morgan fingerprint density at radius 3 is 2.75 bits per heavy atom. The number of hydrogen-bond donors (Lipinski definition) is 1. The maximum Gasteiger partial charge on any atom is 0.322 e. The number of urea groups is 1. The van der Waals surface area contributed by atoms with Gasteiger partial charge in [-0.2, -0.15) is 9.47 Å². The summed E-state index contributed by atoms with van der Waals surface area (Å²) in [5.41, 5.74) is 0.743. The van der Waals surface area contributed by atoms with Crippen LogP contribution in [-0.4, -0.2) is 56.2 Å². The molecule has 130 valence electrons. The van der Waals surface area contributed by atoms with Gasteiger partial charge in [-0.05, 0) is 6.42 Å². The largest absolute Gasteiger partial charge is 0.343 e. The van der Waals surface area contributed by atoms with Gasteiger partial charge in [-0.25, -0.2) is 9.78 Å². The van der Waals surface area contributed by atoms with Crippen LogP contribution in [0.4, 0.5) is 15.6 Å². The van der Waals surface area contributed by atoms with Crippen molar-refractivity contribution in [1.29, 1.82) is 0 Å². The highest BCUT2D eigenvalue weighted by atomic mass is 32.1. The third-order valence-electron chi connectivity index (χ3n) is 3.95. The third kappa shape index (κ3) is 3.84. The van der Waals surface area contributed by atoms with Crippen molar-refractivity contribution in [2.24, 2.45) is 0 Å². The molecular weight excluding hydrogens is 326 g/mol. The summed E-state index contributed by atoms with van der Waals surface area (Å²) in [6.07, 6.45) is 5.43. The van der Waals surface area contributed by atoms with Gasteiger partial charge in [-0.1, -0.05) is 13.8 Å². The molecule has 1 saturated heterocycles. The highest BCUT2D eigenvalue weighted by molar-refractivity contribution is 7.09. The van der Waals surface area contributed by atoms with Gasteiger partial charge < -0.3 is 15.1 Å². The average molecular weight is 349 g/mol. The van der Waals surface area contributed by atoms with Crippen molar-refractivity contribution in [2.45, 2.75) is 33.2 Å². The Balaban J connectivity index is 1.51. The normalized spacial score (nSPS) is 14.9. The molecule has 0 unspecified atom stereocenters. The Morgan fingerprint density at radius 2 is 2.08 bits per heavy atom. The molecule has 0 aromatic carbocycles. The highest BCUT2D eigenvalue weighted by Gasteiger charge is 2.23. The molecule has 3 heterocycles. The van der Waals surface area contributed by atoms with Crippen molar-refractivity contribution in [3.63, 3.8) is 0 Å². The second-order valence-electron chi connectivity index (χ2n) is 5.74. The topological polar surface area (TPSA) is 79.2 Å². The number of amides is 2. The maximum absolute atomic E-state index is 12.4. The van der Waals surface area contributed by atoms with E-state index in [1.165, 1.54) is 11.5 Å². The summed E-state index contributed by atoms with van der Waals surface area (Å²) in [6.45, 7) is 7.92. The Labute approximate surface area is 145 Å². The van der Waals surface area contributed by atoms with Crippen LogP contribution in [-0.2, 0) is 13.0 Å². The lowest BCUT2D eigenvalue weighted by Gasteiger charge is -2.34. The molecule has 24 heavy (non-hydrogen) atoms. The Kier molecular flexibility index (Phi) is 5.29. The predicted molar refractivity (Wildman–Crippen MR) is 94.6 cm³/mol. The second kappa shape index (κ2) is 7.61. The van der Waals surface area contributed by atoms with E-state index < -0.39 is 0 Å². The van der Waals surface area contributed by atoms with E-state index in [1.54, 1.807) is 6.20 Å². The summed E-state index contributed by atoms with van der Waals surface area (Å²) in [5, 5.41) is 8.10. The third-order valence-corrected chi connectivity index (χ3v) is 4.76. The first kappa shape index (κ1) is 16.7. The van der Waals surface area contributed by atoms with Gasteiger partial charge in [-0.15, -0.1) is 0 Å². The van der Waals surface area contributed by atoms with E-state index in [2.05, 4.69) is 38.5 Å². The first-order valence-electron chi connectivity index (χ1n) is 8.35. The van der Waals surface area contributed by atoms with Gasteiger partial charge >= 0.3 is 6.03 Å². The van der Waals surface area contributed by atoms with Crippen LogP contribution in [0.25, 0.3) is 0 Å². The van der Waals surface area contributed by atoms with Crippen LogP contribution in [0.2, 0.25) is 0 Å². The van der Waals surface area contributed by atoms with Crippen molar-refractivity contribution < 1.29 is 4.79 Å². The van der Waals surface area contributed by atoms with E-state index in [-0.39, 0.29) is 6.03 Å². The number of nitrogens with one attached hydrogen (secondary N) is 1. The standard InChI is InChI=1S/C15H23N7OS/c1-3-5-22-11-12(10-16-22)17-14(23)20-6-8-21(9-7-20)15-18-13(4-2)19-24-15/h10-11H,3-9H2,1-2H3,(H,17,23). The minimum atomic E-state index is -0.0720. The molecule has 3 rings (SSSR count). The molecule has 0 spiro atoms. The fraction of sp³-hybridized carbons (Fsp3) is 0.600. The van der Waals surface area contributed by atoms with E-state index in [0.717, 1.165) is 49.1 Å². The van der Waals surface area contributed by atoms with Crippen LogP contribution in [0, 0.1) is 0 Å². The quantitative estimate of drug-likeness (QED) is 0.894. The number of rotatable bonds is 5. The van der Waals surface area contributed by atoms with Crippen molar-refractivity contribution in [3.05, 3.63) is 18.2 Å². The first-order chi connectivity index (χ1) is 11.7. The molecule has 1 aliphatic heterocycles. The van der Waals surface area contributed by atoms with E-state index >= 15 is 0 Å². The number of nitrogens with zero attached hydrogens (tertiary/aromatic N) is 6. The van der Waals surface area contributed by atoms with Crippen LogP contribution < -0.4 is 10.2 Å². The van der Waals surface area contributed by atoms with Gasteiger partial charge in [0.2, 0.25) is 5.13 Å². The fourth-order valence-electron chi connectivity index (χ4n) is 2.60. The minimum absolute atomic E-state index is 0.0720. The van der Waals surface area contributed by atoms with Gasteiger partial charge in [-0.3, -0.25) is 4.68 Å². The number of carbonyl (C=O) groups is 1. The van der Waals surface area contributed by atoms with E-state index in [1.807, 2.05) is 15.8 Å². The van der Waals surface area contributed by atoms with Gasteiger partial charge in [0.05, 0.1) is 11.9 Å². The predicted octanol–water partition coefficient (Wildman–Crippen LogP) is 2.06. The van der Waals surface area contributed by atoms with Crippen molar-refractivity contribution >= 4 is 28.4 Å². The summed E-state index contributed by atoms with van der Waals surface area (Å²) in [7, 11) is 0. The molecular formula is C15H23N7OS. The van der Waals surface area contributed by atoms with Crippen molar-refractivity contribution in [2.75, 3.05) is 36.4 Å². The lowest BCUT2D eigenvalue weighted by Crippen LogP contribution is -2.50. The lowest BCUT2D eigenvalue weighted by molar-refractivity contribution is 0.208. The Morgan fingerprint density at radius 1 is 1.29 bits per heavy atom. The van der Waals surface area contributed by atoms with E-state index in [4.69, 9.17) is 0 Å². The molecule has 8 nitrogen and oxygen atoms in total. The molecule has 9 heteroatoms. The van der Waals surface area contributed by atoms with Gasteiger partial charge in [0.1, 0.15) is 5.82 Å². The van der Waals surface area contributed by atoms with Gasteiger partial charge in [0.15, 0.2) is 0 Å². The Hall–Kier alpha value is -2.16. The zero-order valence-electron chi connectivity index (χ0n) is 14.1. The van der Waals surface area contributed by atoms with Crippen LogP contribution in [0.15, 0.2) is 12.4 Å². The monoisotopic (exact) mass is 349 g/mol. The highest BCUT2D eigenvalue weighted by Crippen LogP contribution is 2.19. The number of aryl methyl sites for hydroxylation is 2. The average Bonchev–Trinajstić information content (AvgIpc) is 3.25. The molecule has 1 aliphatic rings. The van der Waals surface area contributed by atoms with Crippen LogP contribution in [0.5, 0.6) is 0 Å². The van der Waals surface area contributed by atoms with Crippen molar-refractivity contribution in [1.82, 2.24) is 24.0 Å². The summed E-state index contributed by atoms with van der Waals surface area (Å²) in [4.78, 5) is 20.9. The SMILES string of the molecule is CCCn1cc(NC(=O)N2CCN(c3nc(CC)ns3)CC2)cn1. The summed E-state index contributed by atoms with van der Waals surface area (Å²) >= 11 is 1.43. The molecule has 0 atom stereocenters. The van der Waals surface area contributed by atoms with Crippen molar-refractivity contribution in [3.8, 4) is 0 Å². The second-order valence-corrected chi connectivity index (χ2v) is 6.47. The minimum Gasteiger partial charge on any atom is -0.343 e. The molecule has 1 N–H and O–H groups in total. The van der Waals surface area contributed by atoms with E-state index in [0.29, 0.717) is 13.1 Å². The molecule has 0 aliphatic carbocycles. The number of hydrogen-bond acceptors (Lipinski definition) is 6. The number of piperazine rings is 1. The van der Waals surface area contributed by atoms with Gasteiger partial charge in [0, 0.05) is 56.9 Å². The lowest BCUT2D eigenvalue weighted by atomic mass is 10.3. The molecule has 2 aromatic heterocycles. The summed E-state index contributed by atoms with van der Waals surface area (Å²) in [5.74, 6) is 0.888. The first-order valence-corrected chi connectivity index (χ1v) is 9.12. The van der Waals surface area contributed by atoms with E-state index in [9.17, 15) is 4.79 Å². The zero-order valence-corrected chi connectivity index (χ0v) is 14.9. The maximum atomic E-state index is 12.4. The Bertz CT molecular complexity index is 675. The molecule has 1 fully saturated rings. The molecule has 0 bridgehead atoms. The summed E-state index contributed by atoms with van der Waals surface area (Å²) in [6, 6.07) is -0.0720.